The summed E-state index contributed by atoms with van der Waals surface area (Å²) < 4.78 is 16.4. The van der Waals surface area contributed by atoms with Crippen molar-refractivity contribution in [3.05, 3.63) is 16.5 Å². The van der Waals surface area contributed by atoms with Gasteiger partial charge in [-0.2, -0.15) is 10.1 Å². The van der Waals surface area contributed by atoms with Gasteiger partial charge in [0.1, 0.15) is 10.3 Å². The fourth-order valence-corrected chi connectivity index (χ4v) is 4.35. The molecule has 9 nitrogen and oxygen atoms in total. The molecule has 5 heterocycles. The number of hydrogen-bond acceptors (Lipinski definition) is 7. The van der Waals surface area contributed by atoms with E-state index in [1.165, 1.54) is 0 Å². The molecule has 2 bridgehead atoms. The van der Waals surface area contributed by atoms with Gasteiger partial charge in [0, 0.05) is 32.4 Å². The first-order valence-electron chi connectivity index (χ1n) is 9.72. The Labute approximate surface area is 170 Å². The van der Waals surface area contributed by atoms with Gasteiger partial charge in [-0.3, -0.25) is 4.68 Å². The Morgan fingerprint density at radius 1 is 1.25 bits per heavy atom. The molecular weight excluding hydrogens is 426 g/mol. The fraction of sp³-hybridized carbons (Fsp3) is 0.556. The van der Waals surface area contributed by atoms with Gasteiger partial charge in [-0.05, 0) is 35.2 Å². The zero-order chi connectivity index (χ0) is 19.1. The normalized spacial score (nSPS) is 17.8. The summed E-state index contributed by atoms with van der Waals surface area (Å²) >= 11 is 3.50. The number of aryl methyl sites for hydroxylation is 1. The number of anilines is 2. The molecule has 0 aromatic carbocycles. The van der Waals surface area contributed by atoms with Crippen LogP contribution in [0, 0.1) is 0 Å². The quantitative estimate of drug-likeness (QED) is 0.644. The molecule has 2 aliphatic heterocycles. The van der Waals surface area contributed by atoms with Crippen LogP contribution in [0.2, 0.25) is 0 Å². The van der Waals surface area contributed by atoms with Gasteiger partial charge in [0.25, 0.3) is 5.88 Å². The molecule has 1 N–H and O–H groups in total. The van der Waals surface area contributed by atoms with Crippen LogP contribution in [0.1, 0.15) is 37.9 Å². The highest BCUT2D eigenvalue weighted by Crippen LogP contribution is 2.35. The molecule has 1 fully saturated rings. The average molecular weight is 448 g/mol. The molecule has 0 spiro atoms. The van der Waals surface area contributed by atoms with Crippen molar-refractivity contribution in [1.29, 1.82) is 0 Å². The van der Waals surface area contributed by atoms with E-state index in [1.54, 1.807) is 6.20 Å². The predicted octanol–water partition coefficient (Wildman–Crippen LogP) is 3.23. The van der Waals surface area contributed by atoms with Crippen molar-refractivity contribution in [2.24, 2.45) is 0 Å². The van der Waals surface area contributed by atoms with Crippen LogP contribution in [0.5, 0.6) is 5.88 Å². The summed E-state index contributed by atoms with van der Waals surface area (Å²) in [5.74, 6) is 1.14. The van der Waals surface area contributed by atoms with Crippen molar-refractivity contribution in [3.8, 4) is 5.88 Å². The summed E-state index contributed by atoms with van der Waals surface area (Å²) in [4.78, 5) is 9.20. The Morgan fingerprint density at radius 2 is 2.11 bits per heavy atom. The zero-order valence-corrected chi connectivity index (χ0v) is 17.3. The number of aromatic nitrogens is 6. The monoisotopic (exact) mass is 447 g/mol. The lowest BCUT2D eigenvalue weighted by Crippen LogP contribution is -2.22. The van der Waals surface area contributed by atoms with E-state index in [0.29, 0.717) is 24.5 Å². The number of fused-ring (bicyclic) bond motifs is 2. The van der Waals surface area contributed by atoms with Gasteiger partial charge in [0.05, 0.1) is 23.7 Å². The fourth-order valence-electron chi connectivity index (χ4n) is 3.88. The molecule has 0 saturated carbocycles. The second kappa shape index (κ2) is 7.32. The molecule has 0 unspecified atom stereocenters. The van der Waals surface area contributed by atoms with Gasteiger partial charge in [-0.25, -0.2) is 9.67 Å². The molecule has 0 aliphatic carbocycles. The summed E-state index contributed by atoms with van der Waals surface area (Å²) in [6, 6.07) is 0.329. The second-order valence-electron chi connectivity index (χ2n) is 7.04. The first kappa shape index (κ1) is 17.9. The third kappa shape index (κ3) is 3.04. The Bertz CT molecular complexity index is 1010. The standard InChI is InChI=1S/C18H22BrN7O2/c1-2-13-14-17(24-26(13)11-4-8-27-9-5-11)28-7-3-6-25-16-12(15(19)23-25)10-20-18(21-14)22-16/h10-11H,2-9H2,1H3,(H,20,21,22). The van der Waals surface area contributed by atoms with Crippen molar-refractivity contribution in [2.75, 3.05) is 25.1 Å². The Hall–Kier alpha value is -2.20. The van der Waals surface area contributed by atoms with Crippen molar-refractivity contribution in [3.63, 3.8) is 0 Å². The highest BCUT2D eigenvalue weighted by Gasteiger charge is 2.26. The number of nitrogens with zero attached hydrogens (tertiary/aromatic N) is 6. The predicted molar refractivity (Wildman–Crippen MR) is 107 cm³/mol. The molecule has 0 radical (unpaired) electrons. The number of hydrogen-bond donors (Lipinski definition) is 1. The van der Waals surface area contributed by atoms with Crippen LogP contribution in [0.4, 0.5) is 11.6 Å². The minimum Gasteiger partial charge on any atom is -0.475 e. The van der Waals surface area contributed by atoms with Crippen molar-refractivity contribution >= 4 is 38.6 Å². The van der Waals surface area contributed by atoms with Gasteiger partial charge in [0.2, 0.25) is 5.95 Å². The smallest absolute Gasteiger partial charge is 0.257 e. The van der Waals surface area contributed by atoms with E-state index in [0.717, 1.165) is 72.5 Å². The topological polar surface area (TPSA) is 91.9 Å². The molecule has 2 aliphatic rings. The molecular formula is C18H22BrN7O2. The highest BCUT2D eigenvalue weighted by molar-refractivity contribution is 9.10. The van der Waals surface area contributed by atoms with Gasteiger partial charge in [-0.1, -0.05) is 6.92 Å². The molecule has 5 rings (SSSR count). The maximum atomic E-state index is 6.08. The van der Waals surface area contributed by atoms with Crippen molar-refractivity contribution in [2.45, 2.75) is 45.2 Å². The highest BCUT2D eigenvalue weighted by atomic mass is 79.9. The summed E-state index contributed by atoms with van der Waals surface area (Å²) in [5.41, 5.74) is 2.78. The Kier molecular flexibility index (Phi) is 4.67. The molecule has 10 heteroatoms. The SMILES string of the molecule is CCc1c2c(nn1C1CCOCC1)OCCCn1nc(Br)c3cnc(nc31)N2. The molecule has 148 valence electrons. The molecule has 1 saturated heterocycles. The van der Waals surface area contributed by atoms with Crippen LogP contribution in [0.25, 0.3) is 11.0 Å². The van der Waals surface area contributed by atoms with Crippen LogP contribution < -0.4 is 10.1 Å². The first-order chi connectivity index (χ1) is 13.7. The van der Waals surface area contributed by atoms with Gasteiger partial charge >= 0.3 is 0 Å². The van der Waals surface area contributed by atoms with E-state index < -0.39 is 0 Å². The van der Waals surface area contributed by atoms with E-state index in [4.69, 9.17) is 19.6 Å². The number of nitrogens with one attached hydrogen (secondary N) is 1. The molecule has 0 amide bonds. The van der Waals surface area contributed by atoms with Crippen LogP contribution in [-0.4, -0.2) is 49.3 Å². The number of ether oxygens (including phenoxy) is 2. The minimum atomic E-state index is 0.329. The van der Waals surface area contributed by atoms with Gasteiger partial charge in [-0.15, -0.1) is 5.10 Å². The second-order valence-corrected chi connectivity index (χ2v) is 7.79. The molecule has 28 heavy (non-hydrogen) atoms. The van der Waals surface area contributed by atoms with E-state index >= 15 is 0 Å². The lowest BCUT2D eigenvalue weighted by atomic mass is 10.1. The Morgan fingerprint density at radius 3 is 2.93 bits per heavy atom. The van der Waals surface area contributed by atoms with Crippen molar-refractivity contribution < 1.29 is 9.47 Å². The summed E-state index contributed by atoms with van der Waals surface area (Å²) in [5, 5.41) is 13.6. The summed E-state index contributed by atoms with van der Waals surface area (Å²) in [6.45, 7) is 4.95. The van der Waals surface area contributed by atoms with Crippen molar-refractivity contribution in [1.82, 2.24) is 29.5 Å². The minimum absolute atomic E-state index is 0.329. The zero-order valence-electron chi connectivity index (χ0n) is 15.7. The summed E-state index contributed by atoms with van der Waals surface area (Å²) in [6.07, 6.45) is 5.37. The Balaban J connectivity index is 1.60. The van der Waals surface area contributed by atoms with Crippen LogP contribution in [-0.2, 0) is 17.7 Å². The van der Waals surface area contributed by atoms with Gasteiger partial charge < -0.3 is 14.8 Å². The third-order valence-corrected chi connectivity index (χ3v) is 5.87. The average Bonchev–Trinajstić information content (AvgIpc) is 3.22. The maximum absolute atomic E-state index is 6.08. The van der Waals surface area contributed by atoms with Crippen LogP contribution in [0.3, 0.4) is 0 Å². The third-order valence-electron chi connectivity index (χ3n) is 5.28. The lowest BCUT2D eigenvalue weighted by Gasteiger charge is -2.24. The van der Waals surface area contributed by atoms with E-state index in [9.17, 15) is 0 Å². The molecule has 3 aromatic heterocycles. The summed E-state index contributed by atoms with van der Waals surface area (Å²) in [7, 11) is 0. The maximum Gasteiger partial charge on any atom is 0.257 e. The number of halogens is 1. The van der Waals surface area contributed by atoms with E-state index in [2.05, 4.69) is 42.9 Å². The lowest BCUT2D eigenvalue weighted by molar-refractivity contribution is 0.0650. The molecule has 3 aromatic rings. The van der Waals surface area contributed by atoms with Crippen LogP contribution >= 0.6 is 15.9 Å². The van der Waals surface area contributed by atoms with Crippen LogP contribution in [0.15, 0.2) is 10.8 Å². The largest absolute Gasteiger partial charge is 0.475 e. The van der Waals surface area contributed by atoms with E-state index in [1.807, 2.05) is 4.68 Å². The molecule has 0 atom stereocenters. The van der Waals surface area contributed by atoms with Gasteiger partial charge in [0.15, 0.2) is 5.65 Å². The number of rotatable bonds is 2. The van der Waals surface area contributed by atoms with E-state index in [-0.39, 0.29) is 0 Å². The first-order valence-corrected chi connectivity index (χ1v) is 10.5.